The van der Waals surface area contributed by atoms with Crippen LogP contribution in [0.1, 0.15) is 21.1 Å². The number of hydrogen-bond acceptors (Lipinski definition) is 4. The van der Waals surface area contributed by atoms with Crippen LogP contribution in [0.4, 0.5) is 14.9 Å². The van der Waals surface area contributed by atoms with E-state index in [-0.39, 0.29) is 17.8 Å². The number of amides is 2. The van der Waals surface area contributed by atoms with Crippen molar-refractivity contribution in [1.82, 2.24) is 10.3 Å². The molecule has 0 aliphatic carbocycles. The Morgan fingerprint density at radius 2 is 2.19 bits per heavy atom. The van der Waals surface area contributed by atoms with Crippen LogP contribution in [0.2, 0.25) is 0 Å². The lowest BCUT2D eigenvalue weighted by Crippen LogP contribution is -2.28. The van der Waals surface area contributed by atoms with Crippen molar-refractivity contribution in [2.45, 2.75) is 13.5 Å². The number of urea groups is 1. The van der Waals surface area contributed by atoms with Gasteiger partial charge < -0.3 is 15.7 Å². The van der Waals surface area contributed by atoms with Crippen LogP contribution in [0.25, 0.3) is 0 Å². The van der Waals surface area contributed by atoms with Crippen LogP contribution >= 0.6 is 11.3 Å². The molecule has 0 saturated heterocycles. The third kappa shape index (κ3) is 3.99. The lowest BCUT2D eigenvalue weighted by molar-refractivity contribution is 0.0697. The molecule has 3 N–H and O–H groups in total. The fraction of sp³-hybridized carbons (Fsp3) is 0.154. The van der Waals surface area contributed by atoms with Gasteiger partial charge in [0.25, 0.3) is 0 Å². The molecule has 0 fully saturated rings. The fourth-order valence-corrected chi connectivity index (χ4v) is 2.19. The van der Waals surface area contributed by atoms with Gasteiger partial charge >= 0.3 is 12.0 Å². The van der Waals surface area contributed by atoms with Crippen LogP contribution in [-0.2, 0) is 6.54 Å². The van der Waals surface area contributed by atoms with Crippen molar-refractivity contribution in [2.75, 3.05) is 5.32 Å². The zero-order chi connectivity index (χ0) is 15.4. The summed E-state index contributed by atoms with van der Waals surface area (Å²) in [4.78, 5) is 26.6. The second-order valence-corrected chi connectivity index (χ2v) is 5.23. The number of nitrogens with one attached hydrogen (secondary N) is 2. The molecule has 2 amide bonds. The monoisotopic (exact) mass is 309 g/mol. The van der Waals surface area contributed by atoms with E-state index >= 15 is 0 Å². The largest absolute Gasteiger partial charge is 0.478 e. The molecule has 1 aromatic heterocycles. The average molecular weight is 309 g/mol. The summed E-state index contributed by atoms with van der Waals surface area (Å²) in [5.41, 5.74) is 0.399. The number of carboxylic acids is 1. The summed E-state index contributed by atoms with van der Waals surface area (Å²) in [7, 11) is 0. The number of halogens is 1. The number of aryl methyl sites for hydroxylation is 1. The number of anilines is 1. The van der Waals surface area contributed by atoms with Crippen molar-refractivity contribution >= 4 is 29.0 Å². The molecule has 6 nitrogen and oxygen atoms in total. The predicted molar refractivity (Wildman–Crippen MR) is 76.1 cm³/mol. The number of hydrogen-bond donors (Lipinski definition) is 3. The van der Waals surface area contributed by atoms with E-state index in [2.05, 4.69) is 15.6 Å². The summed E-state index contributed by atoms with van der Waals surface area (Å²) in [5, 5.41) is 16.3. The van der Waals surface area contributed by atoms with Gasteiger partial charge in [-0.25, -0.2) is 19.0 Å². The van der Waals surface area contributed by atoms with Crippen LogP contribution in [0, 0.1) is 12.7 Å². The number of rotatable bonds is 4. The van der Waals surface area contributed by atoms with Gasteiger partial charge in [-0.15, -0.1) is 11.3 Å². The first-order chi connectivity index (χ1) is 9.95. The van der Waals surface area contributed by atoms with E-state index in [9.17, 15) is 14.0 Å². The number of benzene rings is 1. The van der Waals surface area contributed by atoms with Gasteiger partial charge in [-0.05, 0) is 25.1 Å². The third-order valence-electron chi connectivity index (χ3n) is 2.56. The van der Waals surface area contributed by atoms with Crippen LogP contribution in [0.5, 0.6) is 0 Å². The first kappa shape index (κ1) is 14.9. The number of aromatic carboxylic acids is 1. The van der Waals surface area contributed by atoms with E-state index in [1.165, 1.54) is 11.3 Å². The van der Waals surface area contributed by atoms with Crippen molar-refractivity contribution in [1.29, 1.82) is 0 Å². The number of carboxylic acid groups (broad SMARTS) is 1. The highest BCUT2D eigenvalue weighted by atomic mass is 32.1. The Kier molecular flexibility index (Phi) is 4.49. The minimum absolute atomic E-state index is 0.109. The summed E-state index contributed by atoms with van der Waals surface area (Å²) in [6, 6.07) is 2.54. The molecule has 8 heteroatoms. The van der Waals surface area contributed by atoms with Gasteiger partial charge in [0.05, 0.1) is 28.5 Å². The van der Waals surface area contributed by atoms with Crippen molar-refractivity contribution in [3.8, 4) is 0 Å². The zero-order valence-electron chi connectivity index (χ0n) is 11.0. The molecule has 0 spiro atoms. The Labute approximate surface area is 123 Å². The minimum atomic E-state index is -1.20. The summed E-state index contributed by atoms with van der Waals surface area (Å²) >= 11 is 1.46. The van der Waals surface area contributed by atoms with Gasteiger partial charge in [-0.3, -0.25) is 0 Å². The second kappa shape index (κ2) is 6.31. The van der Waals surface area contributed by atoms with Crippen molar-refractivity contribution in [3.63, 3.8) is 0 Å². The highest BCUT2D eigenvalue weighted by molar-refractivity contribution is 7.09. The van der Waals surface area contributed by atoms with Gasteiger partial charge in [0.1, 0.15) is 5.82 Å². The lowest BCUT2D eigenvalue weighted by atomic mass is 10.2. The predicted octanol–water partition coefficient (Wildman–Crippen LogP) is 2.61. The highest BCUT2D eigenvalue weighted by Crippen LogP contribution is 2.16. The molecular formula is C13H12FN3O3S. The van der Waals surface area contributed by atoms with Crippen LogP contribution < -0.4 is 10.6 Å². The molecular weight excluding hydrogens is 297 g/mol. The first-order valence-corrected chi connectivity index (χ1v) is 6.82. The maximum absolute atomic E-state index is 13.5. The second-order valence-electron chi connectivity index (χ2n) is 4.17. The van der Waals surface area contributed by atoms with E-state index in [0.29, 0.717) is 5.69 Å². The summed E-state index contributed by atoms with van der Waals surface area (Å²) in [5.74, 6) is -1.91. The first-order valence-electron chi connectivity index (χ1n) is 5.94. The Hall–Kier alpha value is -2.48. The Balaban J connectivity index is 1.99. The maximum Gasteiger partial charge on any atom is 0.335 e. The molecule has 0 aliphatic rings. The molecule has 2 aromatic rings. The van der Waals surface area contributed by atoms with E-state index in [0.717, 1.165) is 23.2 Å². The number of carbonyl (C=O) groups excluding carboxylic acids is 1. The van der Waals surface area contributed by atoms with E-state index in [4.69, 9.17) is 5.11 Å². The van der Waals surface area contributed by atoms with Gasteiger partial charge in [0.15, 0.2) is 0 Å². The number of aromatic nitrogens is 1. The number of thiazole rings is 1. The van der Waals surface area contributed by atoms with Crippen LogP contribution in [0.15, 0.2) is 23.6 Å². The Morgan fingerprint density at radius 1 is 1.43 bits per heavy atom. The maximum atomic E-state index is 13.5. The smallest absolute Gasteiger partial charge is 0.335 e. The summed E-state index contributed by atoms with van der Waals surface area (Å²) in [6.45, 7) is 2.05. The normalized spacial score (nSPS) is 10.2. The van der Waals surface area contributed by atoms with E-state index in [1.54, 1.807) is 5.38 Å². The molecule has 2 rings (SSSR count). The minimum Gasteiger partial charge on any atom is -0.478 e. The van der Waals surface area contributed by atoms with Crippen molar-refractivity contribution < 1.29 is 19.1 Å². The molecule has 110 valence electrons. The van der Waals surface area contributed by atoms with Gasteiger partial charge in [0, 0.05) is 5.38 Å². The molecule has 0 radical (unpaired) electrons. The molecule has 1 aromatic carbocycles. The molecule has 0 bridgehead atoms. The molecule has 0 unspecified atom stereocenters. The standard InChI is InChI=1S/C13H12FN3O3S/c1-7-16-9(6-21-7)5-15-13(20)17-11-4-8(12(18)19)2-3-10(11)14/h2-4,6H,5H2,1H3,(H,18,19)(H2,15,17,20). The topological polar surface area (TPSA) is 91.3 Å². The zero-order valence-corrected chi connectivity index (χ0v) is 11.8. The van der Waals surface area contributed by atoms with Gasteiger partial charge in [-0.2, -0.15) is 0 Å². The summed E-state index contributed by atoms with van der Waals surface area (Å²) in [6.07, 6.45) is 0. The van der Waals surface area contributed by atoms with E-state index < -0.39 is 17.8 Å². The fourth-order valence-electron chi connectivity index (χ4n) is 1.58. The van der Waals surface area contributed by atoms with Gasteiger partial charge in [-0.1, -0.05) is 0 Å². The third-order valence-corrected chi connectivity index (χ3v) is 3.38. The molecule has 0 saturated carbocycles. The summed E-state index contributed by atoms with van der Waals surface area (Å²) < 4.78 is 13.5. The molecule has 0 aliphatic heterocycles. The van der Waals surface area contributed by atoms with E-state index in [1.807, 2.05) is 6.92 Å². The van der Waals surface area contributed by atoms with Crippen LogP contribution in [-0.4, -0.2) is 22.1 Å². The number of nitrogens with zero attached hydrogens (tertiary/aromatic N) is 1. The van der Waals surface area contributed by atoms with Crippen LogP contribution in [0.3, 0.4) is 0 Å². The van der Waals surface area contributed by atoms with Gasteiger partial charge in [0.2, 0.25) is 0 Å². The molecule has 1 heterocycles. The Morgan fingerprint density at radius 3 is 2.81 bits per heavy atom. The number of carbonyl (C=O) groups is 2. The quantitative estimate of drug-likeness (QED) is 0.809. The molecule has 0 atom stereocenters. The highest BCUT2D eigenvalue weighted by Gasteiger charge is 2.11. The van der Waals surface area contributed by atoms with Crippen molar-refractivity contribution in [2.24, 2.45) is 0 Å². The lowest BCUT2D eigenvalue weighted by Gasteiger charge is -2.08. The SMILES string of the molecule is Cc1nc(CNC(=O)Nc2cc(C(=O)O)ccc2F)cs1. The molecule has 21 heavy (non-hydrogen) atoms. The van der Waals surface area contributed by atoms with Crippen molar-refractivity contribution in [3.05, 3.63) is 45.7 Å². The Bertz CT molecular complexity index is 687. The average Bonchev–Trinajstić information content (AvgIpc) is 2.84.